The molecular weight excluding hydrogens is 240 g/mol. The smallest absolute Gasteiger partial charge is 0.254 e. The van der Waals surface area contributed by atoms with Crippen molar-refractivity contribution in [2.45, 2.75) is 39.1 Å². The van der Waals surface area contributed by atoms with Crippen LogP contribution in [-0.2, 0) is 18.0 Å². The van der Waals surface area contributed by atoms with Crippen molar-refractivity contribution in [3.63, 3.8) is 0 Å². The first-order valence-corrected chi connectivity index (χ1v) is 6.89. The molecule has 2 atom stereocenters. The minimum absolute atomic E-state index is 0.135. The fraction of sp³-hybridized carbons (Fsp3) is 0.533. The zero-order valence-electron chi connectivity index (χ0n) is 11.5. The van der Waals surface area contributed by atoms with Gasteiger partial charge in [0.1, 0.15) is 0 Å². The summed E-state index contributed by atoms with van der Waals surface area (Å²) in [5.41, 5.74) is 3.14. The van der Waals surface area contributed by atoms with Gasteiger partial charge < -0.3 is 15.0 Å². The molecule has 0 radical (unpaired) electrons. The van der Waals surface area contributed by atoms with E-state index in [0.717, 1.165) is 24.2 Å². The van der Waals surface area contributed by atoms with Crippen LogP contribution in [0.3, 0.4) is 0 Å². The van der Waals surface area contributed by atoms with Crippen LogP contribution in [0.25, 0.3) is 0 Å². The first kappa shape index (κ1) is 12.6. The third-order valence-electron chi connectivity index (χ3n) is 3.99. The first-order chi connectivity index (χ1) is 9.15. The number of ether oxygens (including phenoxy) is 1. The van der Waals surface area contributed by atoms with E-state index >= 15 is 0 Å². The predicted octanol–water partition coefficient (Wildman–Crippen LogP) is 1.54. The molecule has 2 unspecified atom stereocenters. The zero-order valence-corrected chi connectivity index (χ0v) is 11.5. The van der Waals surface area contributed by atoms with Gasteiger partial charge >= 0.3 is 0 Å². The molecule has 1 N–H and O–H groups in total. The summed E-state index contributed by atoms with van der Waals surface area (Å²) in [6.07, 6.45) is 0. The van der Waals surface area contributed by atoms with Gasteiger partial charge in [-0.25, -0.2) is 0 Å². The number of rotatable bonds is 1. The number of carbonyl (C=O) groups is 1. The van der Waals surface area contributed by atoms with Crippen LogP contribution in [0, 0.1) is 0 Å². The second-order valence-electron chi connectivity index (χ2n) is 5.59. The zero-order chi connectivity index (χ0) is 13.4. The van der Waals surface area contributed by atoms with Gasteiger partial charge in [0.05, 0.1) is 13.2 Å². The molecule has 102 valence electrons. The standard InChI is InChI=1S/C15H20N2O2/c1-10-7-17(11(2)6-16-10)15(18)12-3-4-13-8-19-9-14(13)5-12/h3-5,10-11,16H,6-9H2,1-2H3. The number of nitrogens with one attached hydrogen (secondary N) is 1. The third kappa shape index (κ3) is 2.38. The third-order valence-corrected chi connectivity index (χ3v) is 3.99. The summed E-state index contributed by atoms with van der Waals surface area (Å²) >= 11 is 0. The maximum atomic E-state index is 12.6. The molecule has 4 heteroatoms. The number of fused-ring (bicyclic) bond motifs is 1. The lowest BCUT2D eigenvalue weighted by Crippen LogP contribution is -2.56. The molecule has 2 aliphatic rings. The minimum atomic E-state index is 0.135. The van der Waals surface area contributed by atoms with E-state index in [2.05, 4.69) is 19.2 Å². The van der Waals surface area contributed by atoms with Crippen LogP contribution in [0.1, 0.15) is 35.3 Å². The molecule has 1 amide bonds. The van der Waals surface area contributed by atoms with Gasteiger partial charge in [0.2, 0.25) is 0 Å². The molecule has 3 rings (SSSR count). The van der Waals surface area contributed by atoms with Crippen LogP contribution in [0.5, 0.6) is 0 Å². The second kappa shape index (κ2) is 4.94. The Morgan fingerprint density at radius 1 is 1.32 bits per heavy atom. The lowest BCUT2D eigenvalue weighted by Gasteiger charge is -2.37. The van der Waals surface area contributed by atoms with E-state index in [1.807, 2.05) is 23.1 Å². The second-order valence-corrected chi connectivity index (χ2v) is 5.59. The number of carbonyl (C=O) groups excluding carboxylic acids is 1. The number of nitrogens with zero attached hydrogens (tertiary/aromatic N) is 1. The summed E-state index contributed by atoms with van der Waals surface area (Å²) in [7, 11) is 0. The Balaban J connectivity index is 1.83. The van der Waals surface area contributed by atoms with E-state index in [0.29, 0.717) is 19.3 Å². The van der Waals surface area contributed by atoms with Gasteiger partial charge in [-0.2, -0.15) is 0 Å². The average molecular weight is 260 g/mol. The van der Waals surface area contributed by atoms with Crippen molar-refractivity contribution >= 4 is 5.91 Å². The van der Waals surface area contributed by atoms with Gasteiger partial charge in [-0.1, -0.05) is 6.07 Å². The van der Waals surface area contributed by atoms with E-state index in [1.54, 1.807) is 0 Å². The molecule has 19 heavy (non-hydrogen) atoms. The Morgan fingerprint density at radius 3 is 2.95 bits per heavy atom. The molecule has 1 saturated heterocycles. The number of hydrogen-bond donors (Lipinski definition) is 1. The normalized spacial score (nSPS) is 26.3. The molecule has 1 fully saturated rings. The summed E-state index contributed by atoms with van der Waals surface area (Å²) in [6, 6.07) is 6.54. The van der Waals surface area contributed by atoms with E-state index in [-0.39, 0.29) is 11.9 Å². The highest BCUT2D eigenvalue weighted by Gasteiger charge is 2.27. The van der Waals surface area contributed by atoms with Gasteiger partial charge in [-0.3, -0.25) is 4.79 Å². The Bertz CT molecular complexity index is 501. The monoisotopic (exact) mass is 260 g/mol. The Morgan fingerprint density at radius 2 is 2.11 bits per heavy atom. The number of amides is 1. The lowest BCUT2D eigenvalue weighted by atomic mass is 10.0. The highest BCUT2D eigenvalue weighted by Crippen LogP contribution is 2.22. The summed E-state index contributed by atoms with van der Waals surface area (Å²) in [5.74, 6) is 0.135. The van der Waals surface area contributed by atoms with E-state index in [1.165, 1.54) is 5.56 Å². The molecule has 2 aliphatic heterocycles. The van der Waals surface area contributed by atoms with Crippen LogP contribution >= 0.6 is 0 Å². The van der Waals surface area contributed by atoms with E-state index in [4.69, 9.17) is 4.74 Å². The highest BCUT2D eigenvalue weighted by atomic mass is 16.5. The van der Waals surface area contributed by atoms with Crippen molar-refractivity contribution < 1.29 is 9.53 Å². The molecule has 2 heterocycles. The van der Waals surface area contributed by atoms with Crippen LogP contribution in [0.4, 0.5) is 0 Å². The number of hydrogen-bond acceptors (Lipinski definition) is 3. The SMILES string of the molecule is CC1CN(C(=O)c2ccc3c(c2)COC3)C(C)CN1. The molecule has 4 nitrogen and oxygen atoms in total. The van der Waals surface area contributed by atoms with Gasteiger partial charge in [0, 0.05) is 30.7 Å². The van der Waals surface area contributed by atoms with Crippen molar-refractivity contribution in [3.05, 3.63) is 34.9 Å². The average Bonchev–Trinajstić information content (AvgIpc) is 2.88. The molecule has 1 aromatic rings. The predicted molar refractivity (Wildman–Crippen MR) is 72.9 cm³/mol. The van der Waals surface area contributed by atoms with Crippen molar-refractivity contribution in [1.29, 1.82) is 0 Å². The maximum absolute atomic E-state index is 12.6. The fourth-order valence-electron chi connectivity index (χ4n) is 2.78. The van der Waals surface area contributed by atoms with Crippen molar-refractivity contribution in [2.24, 2.45) is 0 Å². The van der Waals surface area contributed by atoms with Gasteiger partial charge in [-0.15, -0.1) is 0 Å². The quantitative estimate of drug-likeness (QED) is 0.833. The summed E-state index contributed by atoms with van der Waals surface area (Å²) in [4.78, 5) is 14.6. The molecule has 0 spiro atoms. The Kier molecular flexibility index (Phi) is 3.29. The maximum Gasteiger partial charge on any atom is 0.254 e. The van der Waals surface area contributed by atoms with E-state index in [9.17, 15) is 4.79 Å². The lowest BCUT2D eigenvalue weighted by molar-refractivity contribution is 0.0616. The van der Waals surface area contributed by atoms with Gasteiger partial charge in [-0.05, 0) is 37.1 Å². The summed E-state index contributed by atoms with van der Waals surface area (Å²) in [6.45, 7) is 7.14. The van der Waals surface area contributed by atoms with Crippen molar-refractivity contribution in [3.8, 4) is 0 Å². The highest BCUT2D eigenvalue weighted by molar-refractivity contribution is 5.94. The molecule has 0 aliphatic carbocycles. The summed E-state index contributed by atoms with van der Waals surface area (Å²) in [5, 5.41) is 3.40. The topological polar surface area (TPSA) is 41.6 Å². The first-order valence-electron chi connectivity index (χ1n) is 6.89. The molecule has 1 aromatic carbocycles. The molecule has 0 aromatic heterocycles. The van der Waals surface area contributed by atoms with Gasteiger partial charge in [0.15, 0.2) is 0 Å². The largest absolute Gasteiger partial charge is 0.372 e. The van der Waals surface area contributed by atoms with Gasteiger partial charge in [0.25, 0.3) is 5.91 Å². The van der Waals surface area contributed by atoms with Crippen LogP contribution in [-0.4, -0.2) is 36.0 Å². The van der Waals surface area contributed by atoms with Crippen LogP contribution in [0.2, 0.25) is 0 Å². The minimum Gasteiger partial charge on any atom is -0.372 e. The fourth-order valence-corrected chi connectivity index (χ4v) is 2.78. The molecule has 0 saturated carbocycles. The Hall–Kier alpha value is -1.39. The number of benzene rings is 1. The van der Waals surface area contributed by atoms with Crippen LogP contribution in [0.15, 0.2) is 18.2 Å². The van der Waals surface area contributed by atoms with Crippen molar-refractivity contribution in [2.75, 3.05) is 13.1 Å². The van der Waals surface area contributed by atoms with Crippen LogP contribution < -0.4 is 5.32 Å². The number of piperazine rings is 1. The van der Waals surface area contributed by atoms with Crippen molar-refractivity contribution in [1.82, 2.24) is 10.2 Å². The summed E-state index contributed by atoms with van der Waals surface area (Å²) < 4.78 is 5.40. The molecular formula is C15H20N2O2. The Labute approximate surface area is 113 Å². The molecule has 0 bridgehead atoms. The van der Waals surface area contributed by atoms with E-state index < -0.39 is 0 Å².